The van der Waals surface area contributed by atoms with E-state index >= 15 is 0 Å². The number of hydrogen-bond donors (Lipinski definition) is 2. The van der Waals surface area contributed by atoms with E-state index in [-0.39, 0.29) is 17.9 Å². The minimum atomic E-state index is -1.51. The highest BCUT2D eigenvalue weighted by Crippen LogP contribution is 2.29. The highest BCUT2D eigenvalue weighted by Gasteiger charge is 2.30. The fourth-order valence-corrected chi connectivity index (χ4v) is 1.83. The summed E-state index contributed by atoms with van der Waals surface area (Å²) in [6.07, 6.45) is -1.51. The maximum absolute atomic E-state index is 11.4. The van der Waals surface area contributed by atoms with Gasteiger partial charge in [0.15, 0.2) is 0 Å². The van der Waals surface area contributed by atoms with Crippen LogP contribution in [-0.4, -0.2) is 28.6 Å². The summed E-state index contributed by atoms with van der Waals surface area (Å²) in [5, 5.41) is 20.9. The molecule has 1 rings (SSSR count). The monoisotopic (exact) mass is 332 g/mol. The first kappa shape index (κ1) is 15.5. The first-order valence-electron chi connectivity index (χ1n) is 5.42. The van der Waals surface area contributed by atoms with Gasteiger partial charge in [-0.3, -0.25) is 14.9 Å². The van der Waals surface area contributed by atoms with Crippen LogP contribution in [0.15, 0.2) is 22.7 Å². The lowest BCUT2D eigenvalue weighted by molar-refractivity contribution is -0.386. The number of halogens is 1. The molecule has 0 radical (unpaired) electrons. The van der Waals surface area contributed by atoms with Crippen LogP contribution in [-0.2, 0) is 9.53 Å². The van der Waals surface area contributed by atoms with Gasteiger partial charge in [-0.15, -0.1) is 0 Å². The Morgan fingerprint density at radius 1 is 1.63 bits per heavy atom. The van der Waals surface area contributed by atoms with Gasteiger partial charge in [-0.1, -0.05) is 15.9 Å². The summed E-state index contributed by atoms with van der Waals surface area (Å²) in [7, 11) is 0. The van der Waals surface area contributed by atoms with E-state index in [0.717, 1.165) is 0 Å². The summed E-state index contributed by atoms with van der Waals surface area (Å²) in [4.78, 5) is 21.7. The number of carbonyl (C=O) groups excluding carboxylic acids is 1. The Labute approximate surface area is 117 Å². The Balaban J connectivity index is 3.08. The molecule has 3 N–H and O–H groups in total. The number of nitrogens with two attached hydrogens (primary N) is 1. The molecule has 0 aliphatic carbocycles. The molecule has 0 spiro atoms. The van der Waals surface area contributed by atoms with Crippen molar-refractivity contribution >= 4 is 27.6 Å². The topological polar surface area (TPSA) is 116 Å². The molecule has 1 aromatic rings. The Hall–Kier alpha value is -1.51. The summed E-state index contributed by atoms with van der Waals surface area (Å²) in [6, 6.07) is 2.71. The van der Waals surface area contributed by atoms with Crippen molar-refractivity contribution in [3.8, 4) is 0 Å². The van der Waals surface area contributed by atoms with Gasteiger partial charge < -0.3 is 15.6 Å². The normalized spacial score (nSPS) is 13.7. The van der Waals surface area contributed by atoms with Gasteiger partial charge in [0.2, 0.25) is 0 Å². The third kappa shape index (κ3) is 3.72. The molecule has 0 heterocycles. The average molecular weight is 333 g/mol. The molecule has 0 saturated heterocycles. The number of nitro benzene ring substituents is 1. The standard InChI is InChI=1S/C11H13BrN2O5/c1-2-19-11(16)9(13)10(15)7-4-3-6(12)5-8(7)14(17)18/h3-5,9-10,15H,2,13H2,1H3. The van der Waals surface area contributed by atoms with Crippen molar-refractivity contribution in [2.24, 2.45) is 5.73 Å². The predicted octanol–water partition coefficient (Wildman–Crippen LogP) is 1.28. The lowest BCUT2D eigenvalue weighted by atomic mass is 10.0. The molecule has 8 heteroatoms. The largest absolute Gasteiger partial charge is 0.465 e. The number of rotatable bonds is 5. The summed E-state index contributed by atoms with van der Waals surface area (Å²) >= 11 is 3.10. The van der Waals surface area contributed by atoms with E-state index in [1.807, 2.05) is 0 Å². The number of benzene rings is 1. The summed E-state index contributed by atoms with van der Waals surface area (Å²) in [5.41, 5.74) is 5.18. The van der Waals surface area contributed by atoms with Crippen LogP contribution < -0.4 is 5.73 Å². The Morgan fingerprint density at radius 2 is 2.26 bits per heavy atom. The third-order valence-corrected chi connectivity index (χ3v) is 2.90. The number of ether oxygens (including phenoxy) is 1. The molecule has 1 aromatic carbocycles. The molecule has 0 bridgehead atoms. The van der Waals surface area contributed by atoms with Gasteiger partial charge in [0.05, 0.1) is 17.1 Å². The predicted molar refractivity (Wildman–Crippen MR) is 70.4 cm³/mol. The molecule has 0 aromatic heterocycles. The summed E-state index contributed by atoms with van der Waals surface area (Å²) in [5.74, 6) is -0.813. The van der Waals surface area contributed by atoms with Gasteiger partial charge in [0, 0.05) is 10.5 Å². The number of aliphatic hydroxyl groups excluding tert-OH is 1. The smallest absolute Gasteiger partial charge is 0.325 e. The van der Waals surface area contributed by atoms with Crippen molar-refractivity contribution in [1.82, 2.24) is 0 Å². The van der Waals surface area contributed by atoms with Crippen molar-refractivity contribution in [3.63, 3.8) is 0 Å². The quantitative estimate of drug-likeness (QED) is 0.476. The molecule has 2 unspecified atom stereocenters. The van der Waals surface area contributed by atoms with E-state index in [0.29, 0.717) is 4.47 Å². The van der Waals surface area contributed by atoms with E-state index in [9.17, 15) is 20.0 Å². The van der Waals surface area contributed by atoms with Gasteiger partial charge >= 0.3 is 5.97 Å². The van der Waals surface area contributed by atoms with Crippen molar-refractivity contribution in [3.05, 3.63) is 38.3 Å². The zero-order valence-corrected chi connectivity index (χ0v) is 11.7. The first-order valence-corrected chi connectivity index (χ1v) is 6.22. The molecule has 7 nitrogen and oxygen atoms in total. The van der Waals surface area contributed by atoms with Crippen molar-refractivity contribution in [2.75, 3.05) is 6.61 Å². The van der Waals surface area contributed by atoms with Crippen LogP contribution >= 0.6 is 15.9 Å². The molecular weight excluding hydrogens is 320 g/mol. The molecule has 19 heavy (non-hydrogen) atoms. The lowest BCUT2D eigenvalue weighted by Gasteiger charge is -2.17. The van der Waals surface area contributed by atoms with Crippen LogP contribution in [0.25, 0.3) is 0 Å². The van der Waals surface area contributed by atoms with E-state index in [1.54, 1.807) is 6.92 Å². The molecule has 0 amide bonds. The third-order valence-electron chi connectivity index (χ3n) is 2.41. The molecule has 0 saturated carbocycles. The SMILES string of the molecule is CCOC(=O)C(N)C(O)c1ccc(Br)cc1[N+](=O)[O-]. The van der Waals surface area contributed by atoms with Gasteiger partial charge in [-0.2, -0.15) is 0 Å². The van der Waals surface area contributed by atoms with Gasteiger partial charge in [0.1, 0.15) is 12.1 Å². The fraction of sp³-hybridized carbons (Fsp3) is 0.364. The highest BCUT2D eigenvalue weighted by atomic mass is 79.9. The minimum absolute atomic E-state index is 0.0336. The zero-order chi connectivity index (χ0) is 14.6. The zero-order valence-electron chi connectivity index (χ0n) is 10.1. The molecule has 104 valence electrons. The number of hydrogen-bond acceptors (Lipinski definition) is 6. The minimum Gasteiger partial charge on any atom is -0.465 e. The van der Waals surface area contributed by atoms with Crippen molar-refractivity contribution < 1.29 is 19.6 Å². The lowest BCUT2D eigenvalue weighted by Crippen LogP contribution is -2.38. The molecule has 0 fully saturated rings. The fourth-order valence-electron chi connectivity index (χ4n) is 1.49. The van der Waals surface area contributed by atoms with Gasteiger partial charge in [0.25, 0.3) is 5.69 Å². The molecule has 0 aliphatic rings. The number of nitro groups is 1. The second-order valence-corrected chi connectivity index (χ2v) is 4.60. The number of esters is 1. The van der Waals surface area contributed by atoms with E-state index in [4.69, 9.17) is 5.73 Å². The van der Waals surface area contributed by atoms with Gasteiger partial charge in [-0.05, 0) is 19.1 Å². The second-order valence-electron chi connectivity index (χ2n) is 3.68. The Bertz CT molecular complexity index is 494. The summed E-state index contributed by atoms with van der Waals surface area (Å²) in [6.45, 7) is 1.71. The number of aliphatic hydroxyl groups is 1. The second kappa shape index (κ2) is 6.60. The van der Waals surface area contributed by atoms with Crippen LogP contribution in [0.5, 0.6) is 0 Å². The average Bonchev–Trinajstić information content (AvgIpc) is 2.37. The Kier molecular flexibility index (Phi) is 5.40. The number of carbonyl (C=O) groups is 1. The van der Waals surface area contributed by atoms with E-state index in [1.165, 1.54) is 18.2 Å². The van der Waals surface area contributed by atoms with Crippen LogP contribution in [0.2, 0.25) is 0 Å². The molecule has 0 aliphatic heterocycles. The van der Waals surface area contributed by atoms with E-state index in [2.05, 4.69) is 20.7 Å². The first-order chi connectivity index (χ1) is 8.88. The van der Waals surface area contributed by atoms with Crippen molar-refractivity contribution in [2.45, 2.75) is 19.1 Å². The number of nitrogens with zero attached hydrogens (tertiary/aromatic N) is 1. The van der Waals surface area contributed by atoms with Crippen LogP contribution in [0.4, 0.5) is 5.69 Å². The van der Waals surface area contributed by atoms with Crippen molar-refractivity contribution in [1.29, 1.82) is 0 Å². The highest BCUT2D eigenvalue weighted by molar-refractivity contribution is 9.10. The van der Waals surface area contributed by atoms with Crippen LogP contribution in [0.1, 0.15) is 18.6 Å². The maximum Gasteiger partial charge on any atom is 0.325 e. The van der Waals surface area contributed by atoms with Gasteiger partial charge in [-0.25, -0.2) is 0 Å². The Morgan fingerprint density at radius 3 is 2.79 bits per heavy atom. The summed E-state index contributed by atoms with van der Waals surface area (Å²) < 4.78 is 5.15. The van der Waals surface area contributed by atoms with Crippen LogP contribution in [0.3, 0.4) is 0 Å². The van der Waals surface area contributed by atoms with E-state index < -0.39 is 23.0 Å². The molecular formula is C11H13BrN2O5. The van der Waals surface area contributed by atoms with Crippen LogP contribution in [0, 0.1) is 10.1 Å². The maximum atomic E-state index is 11.4. The molecule has 2 atom stereocenters.